The Balaban J connectivity index is 2.52. The zero-order valence-corrected chi connectivity index (χ0v) is 10.1. The van der Waals surface area contributed by atoms with Crippen LogP contribution in [-0.2, 0) is 0 Å². The van der Waals surface area contributed by atoms with Crippen LogP contribution >= 0.6 is 11.6 Å². The highest BCUT2D eigenvalue weighted by Gasteiger charge is 2.21. The lowest BCUT2D eigenvalue weighted by atomic mass is 10.0. The van der Waals surface area contributed by atoms with Gasteiger partial charge in [0.15, 0.2) is 11.6 Å². The van der Waals surface area contributed by atoms with Gasteiger partial charge in [-0.15, -0.1) is 0 Å². The SMILES string of the molecule is Nc1ncc(Cl)cc1C(O)c1cc(F)c(F)cc1F. The van der Waals surface area contributed by atoms with E-state index in [2.05, 4.69) is 4.98 Å². The minimum atomic E-state index is -1.60. The van der Waals surface area contributed by atoms with Crippen molar-refractivity contribution in [2.45, 2.75) is 6.10 Å². The molecule has 0 radical (unpaired) electrons. The van der Waals surface area contributed by atoms with Gasteiger partial charge in [-0.1, -0.05) is 11.6 Å². The second-order valence-corrected chi connectivity index (χ2v) is 4.25. The lowest BCUT2D eigenvalue weighted by Gasteiger charge is -2.14. The first-order valence-electron chi connectivity index (χ1n) is 5.13. The molecule has 1 heterocycles. The highest BCUT2D eigenvalue weighted by atomic mass is 35.5. The van der Waals surface area contributed by atoms with E-state index in [4.69, 9.17) is 17.3 Å². The first-order chi connectivity index (χ1) is 8.90. The van der Waals surface area contributed by atoms with Gasteiger partial charge < -0.3 is 10.8 Å². The second-order valence-electron chi connectivity index (χ2n) is 3.82. The summed E-state index contributed by atoms with van der Waals surface area (Å²) in [6.07, 6.45) is -0.351. The van der Waals surface area contributed by atoms with Crippen LogP contribution in [0.15, 0.2) is 24.4 Å². The van der Waals surface area contributed by atoms with E-state index in [1.165, 1.54) is 12.3 Å². The van der Waals surface area contributed by atoms with Gasteiger partial charge in [-0.3, -0.25) is 0 Å². The summed E-state index contributed by atoms with van der Waals surface area (Å²) < 4.78 is 39.4. The van der Waals surface area contributed by atoms with Crippen molar-refractivity contribution in [2.24, 2.45) is 0 Å². The van der Waals surface area contributed by atoms with Crippen molar-refractivity contribution < 1.29 is 18.3 Å². The Hall–Kier alpha value is -1.79. The van der Waals surface area contributed by atoms with Crippen LogP contribution < -0.4 is 5.73 Å². The molecule has 0 aliphatic rings. The smallest absolute Gasteiger partial charge is 0.161 e. The Morgan fingerprint density at radius 1 is 1.05 bits per heavy atom. The van der Waals surface area contributed by atoms with Crippen molar-refractivity contribution in [3.05, 3.63) is 58.0 Å². The molecular formula is C12H8ClF3N2O. The van der Waals surface area contributed by atoms with Gasteiger partial charge in [0.1, 0.15) is 17.7 Å². The maximum atomic E-state index is 13.5. The van der Waals surface area contributed by atoms with Gasteiger partial charge in [0.05, 0.1) is 5.02 Å². The summed E-state index contributed by atoms with van der Waals surface area (Å²) in [7, 11) is 0. The molecule has 3 N–H and O–H groups in total. The van der Waals surface area contributed by atoms with E-state index in [9.17, 15) is 18.3 Å². The Bertz CT molecular complexity index is 637. The molecule has 0 fully saturated rings. The summed E-state index contributed by atoms with van der Waals surface area (Å²) in [4.78, 5) is 3.69. The van der Waals surface area contributed by atoms with Crippen LogP contribution in [0.4, 0.5) is 19.0 Å². The number of benzene rings is 1. The van der Waals surface area contributed by atoms with Crippen molar-refractivity contribution in [2.75, 3.05) is 5.73 Å². The Kier molecular flexibility index (Phi) is 3.64. The number of hydrogen-bond donors (Lipinski definition) is 2. The van der Waals surface area contributed by atoms with Crippen LogP contribution in [0.2, 0.25) is 5.02 Å². The fourth-order valence-electron chi connectivity index (χ4n) is 1.60. The molecule has 2 rings (SSSR count). The van der Waals surface area contributed by atoms with E-state index in [0.29, 0.717) is 12.1 Å². The molecule has 0 bridgehead atoms. The molecule has 7 heteroatoms. The molecule has 2 aromatic rings. The summed E-state index contributed by atoms with van der Waals surface area (Å²) in [5.74, 6) is -3.79. The second kappa shape index (κ2) is 5.07. The zero-order chi connectivity index (χ0) is 14.2. The standard InChI is InChI=1S/C12H8ClF3N2O/c13-5-1-7(12(17)18-4-5)11(19)6-2-9(15)10(16)3-8(6)14/h1-4,11,19H,(H2,17,18). The summed E-state index contributed by atoms with van der Waals surface area (Å²) in [5, 5.41) is 10.2. The summed E-state index contributed by atoms with van der Waals surface area (Å²) in [6, 6.07) is 2.19. The van der Waals surface area contributed by atoms with Gasteiger partial charge in [0.25, 0.3) is 0 Å². The Morgan fingerprint density at radius 3 is 2.37 bits per heavy atom. The van der Waals surface area contributed by atoms with E-state index in [1.807, 2.05) is 0 Å². The number of pyridine rings is 1. The quantitative estimate of drug-likeness (QED) is 0.836. The molecule has 100 valence electrons. The minimum absolute atomic E-state index is 0.0115. The first-order valence-corrected chi connectivity index (χ1v) is 5.51. The van der Waals surface area contributed by atoms with E-state index in [-0.39, 0.29) is 16.4 Å². The van der Waals surface area contributed by atoms with Crippen LogP contribution in [0.5, 0.6) is 0 Å². The van der Waals surface area contributed by atoms with Crippen molar-refractivity contribution >= 4 is 17.4 Å². The van der Waals surface area contributed by atoms with Crippen molar-refractivity contribution in [1.82, 2.24) is 4.98 Å². The predicted octanol–water partition coefficient (Wildman–Crippen LogP) is 2.82. The molecule has 0 spiro atoms. The van der Waals surface area contributed by atoms with Crippen LogP contribution in [0.3, 0.4) is 0 Å². The van der Waals surface area contributed by atoms with Crippen molar-refractivity contribution in [1.29, 1.82) is 0 Å². The normalized spacial score (nSPS) is 12.5. The fraction of sp³-hybridized carbons (Fsp3) is 0.0833. The maximum Gasteiger partial charge on any atom is 0.161 e. The molecule has 0 aliphatic carbocycles. The molecule has 19 heavy (non-hydrogen) atoms. The van der Waals surface area contributed by atoms with Gasteiger partial charge in [0, 0.05) is 23.4 Å². The average Bonchev–Trinajstić information content (AvgIpc) is 2.36. The molecule has 0 saturated heterocycles. The number of anilines is 1. The first kappa shape index (κ1) is 13.6. The van der Waals surface area contributed by atoms with Crippen molar-refractivity contribution in [3.8, 4) is 0 Å². The number of aliphatic hydroxyl groups excluding tert-OH is 1. The molecule has 1 atom stereocenters. The van der Waals surface area contributed by atoms with E-state index in [0.717, 1.165) is 0 Å². The Morgan fingerprint density at radius 2 is 1.68 bits per heavy atom. The number of hydrogen-bond acceptors (Lipinski definition) is 3. The molecule has 1 aromatic carbocycles. The van der Waals surface area contributed by atoms with Crippen LogP contribution in [-0.4, -0.2) is 10.1 Å². The van der Waals surface area contributed by atoms with Crippen LogP contribution in [0.25, 0.3) is 0 Å². The number of aliphatic hydroxyl groups is 1. The van der Waals surface area contributed by atoms with Gasteiger partial charge >= 0.3 is 0 Å². The largest absolute Gasteiger partial charge is 0.383 e. The lowest BCUT2D eigenvalue weighted by molar-refractivity contribution is 0.214. The van der Waals surface area contributed by atoms with E-state index < -0.39 is 29.1 Å². The number of aromatic nitrogens is 1. The summed E-state index contributed by atoms with van der Waals surface area (Å²) in [6.45, 7) is 0. The number of rotatable bonds is 2. The molecule has 0 aliphatic heterocycles. The lowest BCUT2D eigenvalue weighted by Crippen LogP contribution is -2.08. The third-order valence-electron chi connectivity index (χ3n) is 2.54. The van der Waals surface area contributed by atoms with Crippen LogP contribution in [0, 0.1) is 17.5 Å². The van der Waals surface area contributed by atoms with Gasteiger partial charge in [-0.2, -0.15) is 0 Å². The molecule has 0 amide bonds. The highest BCUT2D eigenvalue weighted by Crippen LogP contribution is 2.30. The van der Waals surface area contributed by atoms with Crippen LogP contribution in [0.1, 0.15) is 17.2 Å². The molecule has 0 saturated carbocycles. The number of nitrogens with two attached hydrogens (primary N) is 1. The number of nitrogens with zero attached hydrogens (tertiary/aromatic N) is 1. The zero-order valence-electron chi connectivity index (χ0n) is 9.37. The van der Waals surface area contributed by atoms with Gasteiger partial charge in [0.2, 0.25) is 0 Å². The van der Waals surface area contributed by atoms with Crippen molar-refractivity contribution in [3.63, 3.8) is 0 Å². The monoisotopic (exact) mass is 288 g/mol. The minimum Gasteiger partial charge on any atom is -0.383 e. The average molecular weight is 289 g/mol. The number of nitrogen functional groups attached to an aromatic ring is 1. The summed E-state index contributed by atoms with van der Waals surface area (Å²) >= 11 is 5.69. The Labute approximate surface area is 111 Å². The summed E-state index contributed by atoms with van der Waals surface area (Å²) in [5.41, 5.74) is 5.09. The third kappa shape index (κ3) is 2.64. The van der Waals surface area contributed by atoms with Gasteiger partial charge in [-0.05, 0) is 12.1 Å². The number of halogens is 4. The van der Waals surface area contributed by atoms with E-state index in [1.54, 1.807) is 0 Å². The fourth-order valence-corrected chi connectivity index (χ4v) is 1.77. The molecule has 1 unspecified atom stereocenters. The molecular weight excluding hydrogens is 281 g/mol. The highest BCUT2D eigenvalue weighted by molar-refractivity contribution is 6.30. The van der Waals surface area contributed by atoms with E-state index >= 15 is 0 Å². The maximum absolute atomic E-state index is 13.5. The van der Waals surface area contributed by atoms with Gasteiger partial charge in [-0.25, -0.2) is 18.2 Å². The predicted molar refractivity (Wildman–Crippen MR) is 64.0 cm³/mol. The topological polar surface area (TPSA) is 59.1 Å². The molecule has 3 nitrogen and oxygen atoms in total. The third-order valence-corrected chi connectivity index (χ3v) is 2.75. The molecule has 1 aromatic heterocycles.